The maximum Gasteiger partial charge on any atom is 0.322 e. The number of methoxy groups -OCH3 is 1. The molecule has 0 N–H and O–H groups in total. The van der Waals surface area contributed by atoms with Crippen LogP contribution in [0, 0.1) is 0 Å². The smallest absolute Gasteiger partial charge is 0.322 e. The van der Waals surface area contributed by atoms with Gasteiger partial charge < -0.3 is 4.74 Å². The second kappa shape index (κ2) is 4.23. The summed E-state index contributed by atoms with van der Waals surface area (Å²) >= 11 is 0. The number of carbonyl (C=O) groups is 1. The van der Waals surface area contributed by atoms with Crippen molar-refractivity contribution < 1.29 is 9.53 Å². The van der Waals surface area contributed by atoms with Gasteiger partial charge in [0.1, 0.15) is 5.41 Å². The molecule has 1 aliphatic heterocycles. The third kappa shape index (κ3) is 1.43. The molecule has 1 aromatic rings. The quantitative estimate of drug-likeness (QED) is 0.711. The Labute approximate surface area is 107 Å². The Morgan fingerprint density at radius 1 is 1.28 bits per heavy atom. The predicted molar refractivity (Wildman–Crippen MR) is 70.3 cm³/mol. The molecule has 1 aliphatic carbocycles. The second-order valence-electron chi connectivity index (χ2n) is 5.03. The van der Waals surface area contributed by atoms with Gasteiger partial charge >= 0.3 is 5.97 Å². The van der Waals surface area contributed by atoms with Crippen LogP contribution in [-0.2, 0) is 14.9 Å². The number of para-hydroxylation sites is 1. The monoisotopic (exact) mass is 243 g/mol. The van der Waals surface area contributed by atoms with E-state index in [2.05, 4.69) is 0 Å². The normalized spacial score (nSPS) is 25.7. The first kappa shape index (κ1) is 11.5. The van der Waals surface area contributed by atoms with Gasteiger partial charge in [-0.15, -0.1) is 0 Å². The first-order valence-electron chi connectivity index (χ1n) is 6.55. The van der Waals surface area contributed by atoms with Gasteiger partial charge in [0.25, 0.3) is 0 Å². The first-order chi connectivity index (χ1) is 8.79. The average molecular weight is 243 g/mol. The van der Waals surface area contributed by atoms with E-state index >= 15 is 0 Å². The molecule has 1 fully saturated rings. The Bertz CT molecular complexity index is 521. The largest absolute Gasteiger partial charge is 0.468 e. The lowest BCUT2D eigenvalue weighted by atomic mass is 9.74. The molecule has 94 valence electrons. The summed E-state index contributed by atoms with van der Waals surface area (Å²) in [4.78, 5) is 17.1. The maximum absolute atomic E-state index is 12.4. The Balaban J connectivity index is 2.19. The maximum atomic E-state index is 12.4. The number of esters is 1. The summed E-state index contributed by atoms with van der Waals surface area (Å²) in [6.07, 6.45) is 5.08. The van der Waals surface area contributed by atoms with Gasteiger partial charge in [-0.25, -0.2) is 0 Å². The van der Waals surface area contributed by atoms with Crippen molar-refractivity contribution in [1.82, 2.24) is 0 Å². The van der Waals surface area contributed by atoms with Crippen molar-refractivity contribution in [1.29, 1.82) is 0 Å². The minimum atomic E-state index is -0.595. The van der Waals surface area contributed by atoms with E-state index in [-0.39, 0.29) is 5.97 Å². The lowest BCUT2D eigenvalue weighted by molar-refractivity contribution is -0.144. The van der Waals surface area contributed by atoms with Gasteiger partial charge in [-0.05, 0) is 25.3 Å². The Morgan fingerprint density at radius 2 is 2.11 bits per heavy atom. The number of rotatable bonds is 1. The van der Waals surface area contributed by atoms with Gasteiger partial charge in [-0.2, -0.15) is 0 Å². The van der Waals surface area contributed by atoms with Crippen molar-refractivity contribution in [2.24, 2.45) is 4.99 Å². The van der Waals surface area contributed by atoms with Crippen LogP contribution in [0.5, 0.6) is 0 Å². The summed E-state index contributed by atoms with van der Waals surface area (Å²) in [7, 11) is 1.47. The zero-order valence-electron chi connectivity index (χ0n) is 10.6. The number of ether oxygens (including phenoxy) is 1. The molecule has 1 heterocycles. The molecule has 3 heteroatoms. The summed E-state index contributed by atoms with van der Waals surface area (Å²) in [5, 5.41) is 0. The minimum Gasteiger partial charge on any atom is -0.468 e. The van der Waals surface area contributed by atoms with Gasteiger partial charge in [0.2, 0.25) is 0 Å². The standard InChI is InChI=1S/C15H17NO2/c1-18-14(17)15-10-6-2-3-9-13(15)16-12-8-5-4-7-11(12)15/h4-5,7-8H,2-3,6,9-10H2,1H3. The van der Waals surface area contributed by atoms with E-state index in [1.165, 1.54) is 13.5 Å². The molecule has 0 spiro atoms. The summed E-state index contributed by atoms with van der Waals surface area (Å²) < 4.78 is 5.09. The van der Waals surface area contributed by atoms with Gasteiger partial charge in [-0.1, -0.05) is 31.0 Å². The van der Waals surface area contributed by atoms with E-state index in [0.29, 0.717) is 0 Å². The lowest BCUT2D eigenvalue weighted by Gasteiger charge is -2.27. The zero-order chi connectivity index (χ0) is 12.6. The van der Waals surface area contributed by atoms with Crippen LogP contribution in [0.15, 0.2) is 29.3 Å². The van der Waals surface area contributed by atoms with E-state index < -0.39 is 5.41 Å². The molecular weight excluding hydrogens is 226 g/mol. The van der Waals surface area contributed by atoms with Crippen LogP contribution >= 0.6 is 0 Å². The van der Waals surface area contributed by atoms with Gasteiger partial charge in [0.05, 0.1) is 12.8 Å². The zero-order valence-corrected chi connectivity index (χ0v) is 10.6. The molecule has 0 aromatic heterocycles. The second-order valence-corrected chi connectivity index (χ2v) is 5.03. The molecule has 0 amide bonds. The molecule has 0 saturated heterocycles. The van der Waals surface area contributed by atoms with E-state index in [1.54, 1.807) is 0 Å². The highest BCUT2D eigenvalue weighted by molar-refractivity contribution is 6.16. The lowest BCUT2D eigenvalue weighted by Crippen LogP contribution is -2.41. The van der Waals surface area contributed by atoms with Gasteiger partial charge in [0.15, 0.2) is 0 Å². The van der Waals surface area contributed by atoms with Crippen LogP contribution in [0.25, 0.3) is 0 Å². The van der Waals surface area contributed by atoms with E-state index in [9.17, 15) is 4.79 Å². The fourth-order valence-electron chi connectivity index (χ4n) is 3.24. The molecule has 3 nitrogen and oxygen atoms in total. The SMILES string of the molecule is COC(=O)C12CCCCCC1=Nc1ccccc12. The topological polar surface area (TPSA) is 38.7 Å². The molecular formula is C15H17NO2. The van der Waals surface area contributed by atoms with E-state index in [4.69, 9.17) is 9.73 Å². The molecule has 1 saturated carbocycles. The molecule has 1 unspecified atom stereocenters. The highest BCUT2D eigenvalue weighted by Crippen LogP contribution is 2.47. The highest BCUT2D eigenvalue weighted by atomic mass is 16.5. The number of aliphatic imine (C=N–C) groups is 1. The summed E-state index contributed by atoms with van der Waals surface area (Å²) in [5.41, 5.74) is 2.39. The van der Waals surface area contributed by atoms with E-state index in [0.717, 1.165) is 42.6 Å². The summed E-state index contributed by atoms with van der Waals surface area (Å²) in [6, 6.07) is 7.96. The Hall–Kier alpha value is -1.64. The third-order valence-electron chi connectivity index (χ3n) is 4.11. The molecule has 18 heavy (non-hydrogen) atoms. The fourth-order valence-corrected chi connectivity index (χ4v) is 3.24. The third-order valence-corrected chi connectivity index (χ3v) is 4.11. The summed E-state index contributed by atoms with van der Waals surface area (Å²) in [6.45, 7) is 0. The summed E-state index contributed by atoms with van der Waals surface area (Å²) in [5.74, 6) is -0.145. The van der Waals surface area contributed by atoms with Gasteiger partial charge in [0, 0.05) is 11.3 Å². The molecule has 0 radical (unpaired) electrons. The van der Waals surface area contributed by atoms with E-state index in [1.807, 2.05) is 24.3 Å². The van der Waals surface area contributed by atoms with Crippen LogP contribution < -0.4 is 0 Å². The van der Waals surface area contributed by atoms with Crippen LogP contribution in [0.3, 0.4) is 0 Å². The Kier molecular flexibility index (Phi) is 2.69. The number of carbonyl (C=O) groups excluding carboxylic acids is 1. The average Bonchev–Trinajstić information content (AvgIpc) is 2.58. The minimum absolute atomic E-state index is 0.145. The van der Waals surface area contributed by atoms with Crippen molar-refractivity contribution in [3.05, 3.63) is 29.8 Å². The number of benzene rings is 1. The molecule has 3 rings (SSSR count). The number of hydrogen-bond acceptors (Lipinski definition) is 3. The van der Waals surface area contributed by atoms with Gasteiger partial charge in [-0.3, -0.25) is 9.79 Å². The predicted octanol–water partition coefficient (Wildman–Crippen LogP) is 3.15. The molecule has 2 aliphatic rings. The van der Waals surface area contributed by atoms with Crippen LogP contribution in [0.1, 0.15) is 37.7 Å². The number of nitrogens with zero attached hydrogens (tertiary/aromatic N) is 1. The number of fused-ring (bicyclic) bond motifs is 3. The van der Waals surface area contributed by atoms with Crippen LogP contribution in [0.4, 0.5) is 5.69 Å². The molecule has 1 aromatic carbocycles. The van der Waals surface area contributed by atoms with Crippen LogP contribution in [-0.4, -0.2) is 18.8 Å². The van der Waals surface area contributed by atoms with Crippen molar-refractivity contribution in [3.8, 4) is 0 Å². The first-order valence-corrected chi connectivity index (χ1v) is 6.55. The van der Waals surface area contributed by atoms with Crippen LogP contribution in [0.2, 0.25) is 0 Å². The van der Waals surface area contributed by atoms with Crippen molar-refractivity contribution >= 4 is 17.4 Å². The highest BCUT2D eigenvalue weighted by Gasteiger charge is 2.50. The van der Waals surface area contributed by atoms with Crippen molar-refractivity contribution in [2.45, 2.75) is 37.5 Å². The van der Waals surface area contributed by atoms with Crippen molar-refractivity contribution in [2.75, 3.05) is 7.11 Å². The molecule has 0 bridgehead atoms. The number of hydrogen-bond donors (Lipinski definition) is 0. The van der Waals surface area contributed by atoms with Crippen molar-refractivity contribution in [3.63, 3.8) is 0 Å². The fraction of sp³-hybridized carbons (Fsp3) is 0.467. The Morgan fingerprint density at radius 3 is 2.94 bits per heavy atom. The molecule has 1 atom stereocenters.